The number of aromatic nitrogens is 4. The van der Waals surface area contributed by atoms with Crippen LogP contribution in [-0.2, 0) is 7.05 Å². The predicted octanol–water partition coefficient (Wildman–Crippen LogP) is 0.690. The zero-order valence-electron chi connectivity index (χ0n) is 9.18. The molecule has 6 heteroatoms. The van der Waals surface area contributed by atoms with Gasteiger partial charge in [-0.25, -0.2) is 4.68 Å². The van der Waals surface area contributed by atoms with Gasteiger partial charge in [-0.2, -0.15) is 0 Å². The fourth-order valence-electron chi connectivity index (χ4n) is 1.27. The topological polar surface area (TPSA) is 55.6 Å². The Morgan fingerprint density at radius 1 is 1.60 bits per heavy atom. The highest BCUT2D eigenvalue weighted by Crippen LogP contribution is 2.20. The number of nitrogens with one attached hydrogen (secondary N) is 1. The quantitative estimate of drug-likeness (QED) is 0.725. The number of hydrogen-bond acceptors (Lipinski definition) is 5. The van der Waals surface area contributed by atoms with E-state index in [1.54, 1.807) is 16.4 Å². The van der Waals surface area contributed by atoms with Crippen LogP contribution in [-0.4, -0.2) is 38.5 Å². The van der Waals surface area contributed by atoms with Crippen LogP contribution in [0.15, 0.2) is 5.16 Å². The third kappa shape index (κ3) is 3.46. The molecule has 0 spiro atoms. The highest BCUT2D eigenvalue weighted by atomic mass is 32.2. The van der Waals surface area contributed by atoms with Crippen LogP contribution in [0.5, 0.6) is 0 Å². The van der Waals surface area contributed by atoms with E-state index in [2.05, 4.69) is 27.8 Å². The number of nitrogens with zero attached hydrogens (tertiary/aromatic N) is 4. The summed E-state index contributed by atoms with van der Waals surface area (Å²) < 4.78 is 1.71. The summed E-state index contributed by atoms with van der Waals surface area (Å²) in [6, 6.07) is 0.800. The zero-order valence-corrected chi connectivity index (χ0v) is 10.00. The second kappa shape index (κ2) is 4.94. The minimum atomic E-state index is 0.660. The van der Waals surface area contributed by atoms with Crippen molar-refractivity contribution in [3.63, 3.8) is 0 Å². The molecule has 0 amide bonds. The van der Waals surface area contributed by atoms with Crippen LogP contribution < -0.4 is 5.32 Å². The minimum Gasteiger partial charge on any atom is -0.314 e. The molecular formula is C9H17N5S. The Morgan fingerprint density at radius 3 is 3.00 bits per heavy atom. The lowest BCUT2D eigenvalue weighted by Crippen LogP contribution is -2.24. The van der Waals surface area contributed by atoms with Gasteiger partial charge < -0.3 is 5.32 Å². The Morgan fingerprint density at radius 2 is 2.40 bits per heavy atom. The molecule has 0 aromatic carbocycles. The van der Waals surface area contributed by atoms with E-state index in [4.69, 9.17) is 0 Å². The van der Waals surface area contributed by atoms with E-state index < -0.39 is 0 Å². The van der Waals surface area contributed by atoms with Crippen molar-refractivity contribution in [1.29, 1.82) is 0 Å². The molecule has 1 aliphatic rings. The van der Waals surface area contributed by atoms with E-state index in [0.29, 0.717) is 5.92 Å². The molecule has 15 heavy (non-hydrogen) atoms. The lowest BCUT2D eigenvalue weighted by atomic mass is 10.2. The number of rotatable bonds is 6. The van der Waals surface area contributed by atoms with Gasteiger partial charge in [-0.05, 0) is 35.7 Å². The fraction of sp³-hybridized carbons (Fsp3) is 0.889. The first-order chi connectivity index (χ1) is 7.25. The van der Waals surface area contributed by atoms with Crippen LogP contribution in [0.4, 0.5) is 0 Å². The summed E-state index contributed by atoms with van der Waals surface area (Å²) in [6.07, 6.45) is 2.71. The maximum Gasteiger partial charge on any atom is 0.209 e. The lowest BCUT2D eigenvalue weighted by molar-refractivity contribution is 0.555. The summed E-state index contributed by atoms with van der Waals surface area (Å²) in [5, 5.41) is 15.8. The van der Waals surface area contributed by atoms with Crippen LogP contribution >= 0.6 is 11.8 Å². The Bertz CT molecular complexity index is 309. The second-order valence-corrected chi connectivity index (χ2v) is 5.17. The van der Waals surface area contributed by atoms with E-state index in [-0.39, 0.29) is 0 Å². The molecule has 1 aliphatic carbocycles. The molecule has 0 aliphatic heterocycles. The monoisotopic (exact) mass is 227 g/mol. The molecule has 0 bridgehead atoms. The molecule has 1 aromatic heterocycles. The molecule has 1 fully saturated rings. The average Bonchev–Trinajstić information content (AvgIpc) is 2.96. The van der Waals surface area contributed by atoms with Gasteiger partial charge in [-0.15, -0.1) is 5.10 Å². The van der Waals surface area contributed by atoms with Crippen LogP contribution in [0, 0.1) is 5.92 Å². The zero-order chi connectivity index (χ0) is 10.7. The van der Waals surface area contributed by atoms with Gasteiger partial charge in [0.15, 0.2) is 0 Å². The molecule has 84 valence electrons. The SMILES string of the molecule is CC(CNC1CC1)CSc1nnnn1C. The van der Waals surface area contributed by atoms with E-state index >= 15 is 0 Å². The van der Waals surface area contributed by atoms with Gasteiger partial charge in [0.25, 0.3) is 0 Å². The Labute approximate surface area is 94.0 Å². The van der Waals surface area contributed by atoms with E-state index in [0.717, 1.165) is 23.5 Å². The summed E-state index contributed by atoms with van der Waals surface area (Å²) in [6.45, 7) is 3.36. The third-order valence-corrected chi connectivity index (χ3v) is 3.75. The van der Waals surface area contributed by atoms with Gasteiger partial charge >= 0.3 is 0 Å². The molecule has 5 nitrogen and oxygen atoms in total. The van der Waals surface area contributed by atoms with Crippen molar-refractivity contribution in [2.45, 2.75) is 31.0 Å². The normalized spacial score (nSPS) is 18.0. The highest BCUT2D eigenvalue weighted by molar-refractivity contribution is 7.99. The summed E-state index contributed by atoms with van der Waals surface area (Å²) in [7, 11) is 1.87. The van der Waals surface area contributed by atoms with Crippen molar-refractivity contribution in [2.24, 2.45) is 13.0 Å². The van der Waals surface area contributed by atoms with Crippen molar-refractivity contribution in [3.05, 3.63) is 0 Å². The number of thioether (sulfide) groups is 1. The van der Waals surface area contributed by atoms with Crippen LogP contribution in [0.3, 0.4) is 0 Å². The first-order valence-electron chi connectivity index (χ1n) is 5.34. The fourth-order valence-corrected chi connectivity index (χ4v) is 2.14. The van der Waals surface area contributed by atoms with E-state index in [9.17, 15) is 0 Å². The molecule has 0 radical (unpaired) electrons. The summed E-state index contributed by atoms with van der Waals surface area (Å²) in [5.41, 5.74) is 0. The van der Waals surface area contributed by atoms with Crippen molar-refractivity contribution in [2.75, 3.05) is 12.3 Å². The van der Waals surface area contributed by atoms with Gasteiger partial charge in [0, 0.05) is 18.8 Å². The Balaban J connectivity index is 1.65. The highest BCUT2D eigenvalue weighted by Gasteiger charge is 2.20. The standard InChI is InChI=1S/C9H17N5S/c1-7(5-10-8-3-4-8)6-15-9-11-12-13-14(9)2/h7-8,10H,3-6H2,1-2H3. The Hall–Kier alpha value is -0.620. The van der Waals surface area contributed by atoms with Crippen molar-refractivity contribution < 1.29 is 0 Å². The van der Waals surface area contributed by atoms with Crippen LogP contribution in [0.1, 0.15) is 19.8 Å². The van der Waals surface area contributed by atoms with Crippen molar-refractivity contribution >= 4 is 11.8 Å². The maximum atomic E-state index is 3.94. The molecule has 1 aromatic rings. The van der Waals surface area contributed by atoms with Crippen molar-refractivity contribution in [1.82, 2.24) is 25.5 Å². The number of hydrogen-bond donors (Lipinski definition) is 1. The summed E-state index contributed by atoms with van der Waals surface area (Å²) in [5.74, 6) is 1.72. The second-order valence-electron chi connectivity index (χ2n) is 4.18. The molecule has 1 unspecified atom stereocenters. The smallest absolute Gasteiger partial charge is 0.209 e. The van der Waals surface area contributed by atoms with Gasteiger partial charge in [0.1, 0.15) is 0 Å². The third-order valence-electron chi connectivity index (χ3n) is 2.41. The van der Waals surface area contributed by atoms with E-state index in [1.807, 2.05) is 7.05 Å². The largest absolute Gasteiger partial charge is 0.314 e. The average molecular weight is 227 g/mol. The lowest BCUT2D eigenvalue weighted by Gasteiger charge is -2.10. The van der Waals surface area contributed by atoms with Gasteiger partial charge in [0.05, 0.1) is 0 Å². The van der Waals surface area contributed by atoms with Crippen LogP contribution in [0.25, 0.3) is 0 Å². The number of tetrazole rings is 1. The van der Waals surface area contributed by atoms with Gasteiger partial charge in [-0.1, -0.05) is 18.7 Å². The maximum absolute atomic E-state index is 3.94. The van der Waals surface area contributed by atoms with Crippen LogP contribution in [0.2, 0.25) is 0 Å². The van der Waals surface area contributed by atoms with Gasteiger partial charge in [-0.3, -0.25) is 0 Å². The van der Waals surface area contributed by atoms with Crippen molar-refractivity contribution in [3.8, 4) is 0 Å². The first-order valence-corrected chi connectivity index (χ1v) is 6.33. The first kappa shape index (κ1) is 10.9. The summed E-state index contributed by atoms with van der Waals surface area (Å²) >= 11 is 1.72. The van der Waals surface area contributed by atoms with E-state index in [1.165, 1.54) is 12.8 Å². The molecule has 0 saturated heterocycles. The molecule has 1 heterocycles. The molecule has 1 saturated carbocycles. The Kier molecular flexibility index (Phi) is 3.58. The molecular weight excluding hydrogens is 210 g/mol. The molecule has 2 rings (SSSR count). The number of aryl methyl sites for hydroxylation is 1. The molecule has 1 atom stereocenters. The molecule has 1 N–H and O–H groups in total. The van der Waals surface area contributed by atoms with Gasteiger partial charge in [0.2, 0.25) is 5.16 Å². The minimum absolute atomic E-state index is 0.660. The summed E-state index contributed by atoms with van der Waals surface area (Å²) in [4.78, 5) is 0. The predicted molar refractivity (Wildman–Crippen MR) is 59.7 cm³/mol.